The van der Waals surface area contributed by atoms with Crippen molar-refractivity contribution in [3.63, 3.8) is 0 Å². The number of ether oxygens (including phenoxy) is 1. The van der Waals surface area contributed by atoms with Gasteiger partial charge >= 0.3 is 0 Å². The lowest BCUT2D eigenvalue weighted by Gasteiger charge is -2.31. The molecule has 1 fully saturated rings. The summed E-state index contributed by atoms with van der Waals surface area (Å²) < 4.78 is 5.63. The van der Waals surface area contributed by atoms with Crippen molar-refractivity contribution in [2.24, 2.45) is 11.1 Å². The summed E-state index contributed by atoms with van der Waals surface area (Å²) in [7, 11) is 1.82. The predicted octanol–water partition coefficient (Wildman–Crippen LogP) is 3.12. The minimum Gasteiger partial charge on any atom is -0.492 e. The highest BCUT2D eigenvalue weighted by Crippen LogP contribution is 2.38. The molecule has 0 saturated heterocycles. The molecule has 0 radical (unpaired) electrons. The maximum absolute atomic E-state index is 12.6. The van der Waals surface area contributed by atoms with Crippen molar-refractivity contribution < 1.29 is 9.53 Å². The van der Waals surface area contributed by atoms with E-state index in [0.29, 0.717) is 24.7 Å². The van der Waals surface area contributed by atoms with Crippen LogP contribution >= 0.6 is 24.0 Å². The van der Waals surface area contributed by atoms with Gasteiger partial charge in [0.1, 0.15) is 12.4 Å². The van der Waals surface area contributed by atoms with Crippen LogP contribution in [0.2, 0.25) is 5.02 Å². The average molecular weight is 347 g/mol. The van der Waals surface area contributed by atoms with E-state index in [1.807, 2.05) is 19.2 Å². The Morgan fingerprint density at radius 3 is 2.45 bits per heavy atom. The molecule has 1 aliphatic carbocycles. The molecular formula is C16H24Cl2N2O2. The number of hydrogen-bond donors (Lipinski definition) is 1. The Kier molecular flexibility index (Phi) is 7.46. The highest BCUT2D eigenvalue weighted by molar-refractivity contribution is 6.30. The second-order valence-corrected chi connectivity index (χ2v) is 6.16. The number of hydrogen-bond acceptors (Lipinski definition) is 3. The van der Waals surface area contributed by atoms with E-state index in [1.54, 1.807) is 17.0 Å². The molecular weight excluding hydrogens is 323 g/mol. The minimum absolute atomic E-state index is 0. The van der Waals surface area contributed by atoms with Crippen molar-refractivity contribution >= 4 is 29.9 Å². The third-order valence-corrected chi connectivity index (χ3v) is 4.51. The average Bonchev–Trinajstić information content (AvgIpc) is 2.98. The summed E-state index contributed by atoms with van der Waals surface area (Å²) in [5.41, 5.74) is 5.51. The van der Waals surface area contributed by atoms with Crippen LogP contribution in [0.15, 0.2) is 24.3 Å². The molecule has 1 aromatic carbocycles. The van der Waals surface area contributed by atoms with Gasteiger partial charge in [-0.15, -0.1) is 12.4 Å². The summed E-state index contributed by atoms with van der Waals surface area (Å²) in [4.78, 5) is 14.3. The van der Waals surface area contributed by atoms with Crippen molar-refractivity contribution in [2.45, 2.75) is 25.7 Å². The Morgan fingerprint density at radius 2 is 1.91 bits per heavy atom. The fraction of sp³-hybridized carbons (Fsp3) is 0.562. The van der Waals surface area contributed by atoms with Gasteiger partial charge in [-0.2, -0.15) is 0 Å². The van der Waals surface area contributed by atoms with Crippen molar-refractivity contribution in [3.8, 4) is 5.75 Å². The van der Waals surface area contributed by atoms with Gasteiger partial charge in [-0.3, -0.25) is 4.79 Å². The molecule has 2 rings (SSSR count). The second-order valence-electron chi connectivity index (χ2n) is 5.72. The Bertz CT molecular complexity index is 474. The number of nitrogens with two attached hydrogens (primary N) is 1. The first-order valence-electron chi connectivity index (χ1n) is 7.41. The summed E-state index contributed by atoms with van der Waals surface area (Å²) in [6.07, 6.45) is 4.01. The Labute approximate surface area is 143 Å². The van der Waals surface area contributed by atoms with Gasteiger partial charge in [-0.05, 0) is 37.1 Å². The monoisotopic (exact) mass is 346 g/mol. The number of carbonyl (C=O) groups is 1. The smallest absolute Gasteiger partial charge is 0.229 e. The van der Waals surface area contributed by atoms with E-state index in [9.17, 15) is 4.79 Å². The lowest BCUT2D eigenvalue weighted by molar-refractivity contribution is -0.140. The van der Waals surface area contributed by atoms with Crippen molar-refractivity contribution in [1.82, 2.24) is 4.90 Å². The van der Waals surface area contributed by atoms with Crippen LogP contribution in [0.25, 0.3) is 0 Å². The van der Waals surface area contributed by atoms with E-state index < -0.39 is 0 Å². The first-order chi connectivity index (χ1) is 10.1. The molecule has 124 valence electrons. The van der Waals surface area contributed by atoms with E-state index in [2.05, 4.69) is 0 Å². The van der Waals surface area contributed by atoms with Gasteiger partial charge in [0.05, 0.1) is 12.0 Å². The van der Waals surface area contributed by atoms with Crippen molar-refractivity contribution in [3.05, 3.63) is 29.3 Å². The molecule has 22 heavy (non-hydrogen) atoms. The Hall–Kier alpha value is -0.970. The summed E-state index contributed by atoms with van der Waals surface area (Å²) in [5, 5.41) is 0.681. The zero-order chi connectivity index (χ0) is 15.3. The molecule has 0 unspecified atom stereocenters. The van der Waals surface area contributed by atoms with Gasteiger partial charge in [-0.1, -0.05) is 24.4 Å². The lowest BCUT2D eigenvalue weighted by Crippen LogP contribution is -2.46. The van der Waals surface area contributed by atoms with E-state index in [1.165, 1.54) is 0 Å². The van der Waals surface area contributed by atoms with E-state index in [0.717, 1.165) is 31.4 Å². The summed E-state index contributed by atoms with van der Waals surface area (Å²) in [6.45, 7) is 1.46. The molecule has 1 aliphatic rings. The molecule has 1 amide bonds. The fourth-order valence-electron chi connectivity index (χ4n) is 2.89. The summed E-state index contributed by atoms with van der Waals surface area (Å²) in [6, 6.07) is 7.21. The van der Waals surface area contributed by atoms with Crippen LogP contribution in [-0.2, 0) is 4.79 Å². The normalized spacial score (nSPS) is 16.0. The van der Waals surface area contributed by atoms with Crippen LogP contribution < -0.4 is 10.5 Å². The number of benzene rings is 1. The molecule has 0 aliphatic heterocycles. The van der Waals surface area contributed by atoms with Crippen LogP contribution in [-0.4, -0.2) is 37.6 Å². The zero-order valence-corrected chi connectivity index (χ0v) is 14.5. The third-order valence-electron chi connectivity index (χ3n) is 4.26. The fourth-order valence-corrected chi connectivity index (χ4v) is 3.02. The topological polar surface area (TPSA) is 55.6 Å². The van der Waals surface area contributed by atoms with E-state index >= 15 is 0 Å². The van der Waals surface area contributed by atoms with Gasteiger partial charge in [0, 0.05) is 18.6 Å². The molecule has 0 atom stereocenters. The number of likely N-dealkylation sites (N-methyl/N-ethyl adjacent to an activating group) is 1. The molecule has 6 heteroatoms. The Morgan fingerprint density at radius 1 is 1.32 bits per heavy atom. The highest BCUT2D eigenvalue weighted by atomic mass is 35.5. The lowest BCUT2D eigenvalue weighted by atomic mass is 9.85. The molecule has 0 aromatic heterocycles. The molecule has 4 nitrogen and oxygen atoms in total. The molecule has 0 heterocycles. The predicted molar refractivity (Wildman–Crippen MR) is 91.8 cm³/mol. The van der Waals surface area contributed by atoms with Gasteiger partial charge in [0.15, 0.2) is 0 Å². The van der Waals surface area contributed by atoms with E-state index in [-0.39, 0.29) is 23.7 Å². The standard InChI is InChI=1S/C16H23ClN2O2.ClH/c1-19(15(20)16(12-18)8-2-3-9-16)10-11-21-14-6-4-13(17)5-7-14;/h4-7H,2-3,8-12,18H2,1H3;1H. The quantitative estimate of drug-likeness (QED) is 0.860. The van der Waals surface area contributed by atoms with Crippen molar-refractivity contribution in [1.29, 1.82) is 0 Å². The van der Waals surface area contributed by atoms with Crippen molar-refractivity contribution in [2.75, 3.05) is 26.7 Å². The van der Waals surface area contributed by atoms with Gasteiger partial charge in [0.25, 0.3) is 0 Å². The molecule has 0 spiro atoms. The first kappa shape index (κ1) is 19.1. The van der Waals surface area contributed by atoms with Gasteiger partial charge in [0.2, 0.25) is 5.91 Å². The molecule has 1 aromatic rings. The summed E-state index contributed by atoms with van der Waals surface area (Å²) >= 11 is 5.82. The van der Waals surface area contributed by atoms with Crippen LogP contribution in [0, 0.1) is 5.41 Å². The van der Waals surface area contributed by atoms with Crippen LogP contribution in [0.4, 0.5) is 0 Å². The van der Waals surface area contributed by atoms with E-state index in [4.69, 9.17) is 22.1 Å². The Balaban J connectivity index is 0.00000242. The highest BCUT2D eigenvalue weighted by Gasteiger charge is 2.41. The first-order valence-corrected chi connectivity index (χ1v) is 7.79. The number of rotatable bonds is 6. The molecule has 0 bridgehead atoms. The van der Waals surface area contributed by atoms with Gasteiger partial charge in [-0.25, -0.2) is 0 Å². The second kappa shape index (κ2) is 8.61. The zero-order valence-electron chi connectivity index (χ0n) is 12.9. The maximum Gasteiger partial charge on any atom is 0.229 e. The summed E-state index contributed by atoms with van der Waals surface area (Å²) in [5.74, 6) is 0.914. The number of amides is 1. The molecule has 2 N–H and O–H groups in total. The SMILES string of the molecule is CN(CCOc1ccc(Cl)cc1)C(=O)C1(CN)CCCC1.Cl. The number of carbonyl (C=O) groups excluding carboxylic acids is 1. The maximum atomic E-state index is 12.6. The van der Waals surface area contributed by atoms with Gasteiger partial charge < -0.3 is 15.4 Å². The number of halogens is 2. The van der Waals surface area contributed by atoms with Crippen LogP contribution in [0.3, 0.4) is 0 Å². The van der Waals surface area contributed by atoms with Crippen LogP contribution in [0.1, 0.15) is 25.7 Å². The third kappa shape index (κ3) is 4.51. The largest absolute Gasteiger partial charge is 0.492 e. The minimum atomic E-state index is -0.338. The molecule has 1 saturated carbocycles. The number of nitrogens with zero attached hydrogens (tertiary/aromatic N) is 1. The van der Waals surface area contributed by atoms with Crippen LogP contribution in [0.5, 0.6) is 5.75 Å².